The van der Waals surface area contributed by atoms with Crippen molar-refractivity contribution in [3.8, 4) is 0 Å². The minimum absolute atomic E-state index is 0.0184. The van der Waals surface area contributed by atoms with E-state index < -0.39 is 15.2 Å². The van der Waals surface area contributed by atoms with E-state index in [4.69, 9.17) is 5.73 Å². The van der Waals surface area contributed by atoms with Gasteiger partial charge in [-0.2, -0.15) is 16.9 Å². The first-order chi connectivity index (χ1) is 9.92. The van der Waals surface area contributed by atoms with Gasteiger partial charge in [-0.25, -0.2) is 8.42 Å². The topological polar surface area (TPSA) is 98.3 Å². The maximum Gasteiger partial charge on any atom is 0.275 e. The number of nitrogen functional groups attached to an aromatic ring is 1. The zero-order valence-electron chi connectivity index (χ0n) is 12.2. The lowest BCUT2D eigenvalue weighted by Crippen LogP contribution is -2.51. The average Bonchev–Trinajstić information content (AvgIpc) is 2.87. The highest BCUT2D eigenvalue weighted by Gasteiger charge is 2.37. The fraction of sp³-hybridized carbons (Fsp3) is 0.667. The van der Waals surface area contributed by atoms with Crippen LogP contribution in [0, 0.1) is 0 Å². The minimum atomic E-state index is -3.33. The average molecular weight is 332 g/mol. The first kappa shape index (κ1) is 16.2. The van der Waals surface area contributed by atoms with Crippen LogP contribution in [0.4, 0.5) is 5.69 Å². The molecular formula is C12H20N4O3S2. The molecule has 2 rings (SSSR count). The number of sulfone groups is 1. The molecule has 1 aromatic heterocycles. The van der Waals surface area contributed by atoms with Crippen LogP contribution in [0.2, 0.25) is 0 Å². The number of hydrogen-bond donors (Lipinski definition) is 1. The Hall–Kier alpha value is -1.22. The van der Waals surface area contributed by atoms with Crippen LogP contribution < -0.4 is 5.73 Å². The van der Waals surface area contributed by atoms with Crippen LogP contribution in [0.3, 0.4) is 0 Å². The van der Waals surface area contributed by atoms with Gasteiger partial charge in [0.15, 0.2) is 9.84 Å². The molecule has 0 aromatic carbocycles. The third kappa shape index (κ3) is 3.03. The fourth-order valence-electron chi connectivity index (χ4n) is 2.31. The van der Waals surface area contributed by atoms with Gasteiger partial charge < -0.3 is 10.6 Å². The molecule has 1 fully saturated rings. The van der Waals surface area contributed by atoms with Crippen molar-refractivity contribution in [3.63, 3.8) is 0 Å². The molecule has 2 heterocycles. The lowest BCUT2D eigenvalue weighted by atomic mass is 10.3. The van der Waals surface area contributed by atoms with Crippen molar-refractivity contribution in [1.29, 1.82) is 0 Å². The molecular weight excluding hydrogens is 312 g/mol. The molecule has 7 nitrogen and oxygen atoms in total. The van der Waals surface area contributed by atoms with Crippen LogP contribution in [0.15, 0.2) is 6.20 Å². The molecule has 0 radical (unpaired) electrons. The van der Waals surface area contributed by atoms with Crippen LogP contribution in [0.1, 0.15) is 24.3 Å². The second-order valence-electron chi connectivity index (χ2n) is 4.74. The Morgan fingerprint density at radius 1 is 1.52 bits per heavy atom. The van der Waals surface area contributed by atoms with Gasteiger partial charge in [-0.3, -0.25) is 9.48 Å². The number of carbonyl (C=O) groups excluding carboxylic acids is 1. The molecule has 1 saturated heterocycles. The van der Waals surface area contributed by atoms with Gasteiger partial charge in [0.1, 0.15) is 11.1 Å². The molecule has 21 heavy (non-hydrogen) atoms. The molecule has 1 aliphatic heterocycles. The first-order valence-electron chi connectivity index (χ1n) is 6.84. The molecule has 0 aliphatic carbocycles. The van der Waals surface area contributed by atoms with E-state index in [1.54, 1.807) is 18.7 Å². The summed E-state index contributed by atoms with van der Waals surface area (Å²) in [6.45, 7) is 4.37. The van der Waals surface area contributed by atoms with Crippen LogP contribution in [0.25, 0.3) is 0 Å². The third-order valence-electron chi connectivity index (χ3n) is 3.53. The molecule has 1 atom stereocenters. The predicted octanol–water partition coefficient (Wildman–Crippen LogP) is 0.435. The van der Waals surface area contributed by atoms with E-state index in [2.05, 4.69) is 5.10 Å². The van der Waals surface area contributed by atoms with Gasteiger partial charge in [0, 0.05) is 30.3 Å². The summed E-state index contributed by atoms with van der Waals surface area (Å²) in [4.78, 5) is 14.2. The summed E-state index contributed by atoms with van der Waals surface area (Å²) in [7, 11) is -3.33. The van der Waals surface area contributed by atoms with Crippen molar-refractivity contribution in [2.24, 2.45) is 0 Å². The molecule has 0 bridgehead atoms. The number of rotatable bonds is 4. The largest absolute Gasteiger partial charge is 0.396 e. The first-order valence-corrected chi connectivity index (χ1v) is 9.71. The maximum atomic E-state index is 12.7. The number of nitrogens with zero attached hydrogens (tertiary/aromatic N) is 3. The van der Waals surface area contributed by atoms with E-state index in [-0.39, 0.29) is 23.0 Å². The number of nitrogens with two attached hydrogens (primary N) is 1. The van der Waals surface area contributed by atoms with Crippen molar-refractivity contribution in [1.82, 2.24) is 14.7 Å². The Kier molecular flexibility index (Phi) is 4.82. The lowest BCUT2D eigenvalue weighted by Gasteiger charge is -2.34. The van der Waals surface area contributed by atoms with E-state index in [0.717, 1.165) is 5.75 Å². The molecule has 1 unspecified atom stereocenters. The number of hydrogen-bond acceptors (Lipinski definition) is 6. The predicted molar refractivity (Wildman–Crippen MR) is 83.9 cm³/mol. The highest BCUT2D eigenvalue weighted by atomic mass is 32.2. The summed E-state index contributed by atoms with van der Waals surface area (Å²) in [5, 5.41) is 3.26. The van der Waals surface area contributed by atoms with E-state index in [9.17, 15) is 13.2 Å². The van der Waals surface area contributed by atoms with E-state index in [1.165, 1.54) is 15.8 Å². The quantitative estimate of drug-likeness (QED) is 0.859. The number of aromatic nitrogens is 2. The molecule has 2 N–H and O–H groups in total. The van der Waals surface area contributed by atoms with Crippen LogP contribution in [-0.2, 0) is 16.4 Å². The number of aryl methyl sites for hydroxylation is 1. The number of carbonyl (C=O) groups is 1. The fourth-order valence-corrected chi connectivity index (χ4v) is 5.28. The molecule has 1 aliphatic rings. The van der Waals surface area contributed by atoms with Gasteiger partial charge in [-0.1, -0.05) is 6.92 Å². The van der Waals surface area contributed by atoms with Gasteiger partial charge >= 0.3 is 0 Å². The number of thioether (sulfide) groups is 1. The van der Waals surface area contributed by atoms with Gasteiger partial charge in [-0.05, 0) is 6.92 Å². The molecule has 0 spiro atoms. The summed E-state index contributed by atoms with van der Waals surface area (Å²) in [5.74, 6) is 0.794. The zero-order chi connectivity index (χ0) is 15.6. The minimum Gasteiger partial charge on any atom is -0.396 e. The van der Waals surface area contributed by atoms with E-state index in [1.807, 2.05) is 6.92 Å². The second-order valence-corrected chi connectivity index (χ2v) is 8.34. The van der Waals surface area contributed by atoms with Crippen molar-refractivity contribution in [2.45, 2.75) is 25.8 Å². The summed E-state index contributed by atoms with van der Waals surface area (Å²) in [6.07, 6.45) is 1.43. The highest BCUT2D eigenvalue weighted by Crippen LogP contribution is 2.25. The molecule has 9 heteroatoms. The van der Waals surface area contributed by atoms with Crippen LogP contribution >= 0.6 is 11.8 Å². The Bertz CT molecular complexity index is 626. The van der Waals surface area contributed by atoms with Crippen molar-refractivity contribution in [2.75, 3.05) is 29.5 Å². The molecule has 118 valence electrons. The van der Waals surface area contributed by atoms with Gasteiger partial charge in [0.25, 0.3) is 5.91 Å². The standard InChI is InChI=1S/C12H20N4O3S2/c1-3-16-11(9(13)7-14-16)12(17)15-5-6-20-8-10(15)21(18,19)4-2/h7,10H,3-6,8,13H2,1-2H3. The zero-order valence-corrected chi connectivity index (χ0v) is 13.8. The molecule has 1 aromatic rings. The van der Waals surface area contributed by atoms with Crippen LogP contribution in [0.5, 0.6) is 0 Å². The summed E-state index contributed by atoms with van der Waals surface area (Å²) >= 11 is 1.55. The molecule has 0 saturated carbocycles. The van der Waals surface area contributed by atoms with Crippen LogP contribution in [-0.4, -0.2) is 58.2 Å². The van der Waals surface area contributed by atoms with Gasteiger partial charge in [0.05, 0.1) is 11.9 Å². The Morgan fingerprint density at radius 2 is 2.24 bits per heavy atom. The van der Waals surface area contributed by atoms with E-state index >= 15 is 0 Å². The maximum absolute atomic E-state index is 12.7. The number of amides is 1. The summed E-state index contributed by atoms with van der Waals surface area (Å²) in [5.41, 5.74) is 6.39. The second kappa shape index (κ2) is 6.27. The SMILES string of the molecule is CCn1ncc(N)c1C(=O)N1CCSCC1S(=O)(=O)CC. The Labute approximate surface area is 128 Å². The monoisotopic (exact) mass is 332 g/mol. The number of anilines is 1. The third-order valence-corrected chi connectivity index (χ3v) is 6.82. The summed E-state index contributed by atoms with van der Waals surface area (Å²) in [6, 6.07) is 0. The van der Waals surface area contributed by atoms with Crippen molar-refractivity contribution >= 4 is 33.2 Å². The lowest BCUT2D eigenvalue weighted by molar-refractivity contribution is 0.0738. The normalized spacial score (nSPS) is 19.7. The van der Waals surface area contributed by atoms with Crippen molar-refractivity contribution in [3.05, 3.63) is 11.9 Å². The Morgan fingerprint density at radius 3 is 2.86 bits per heavy atom. The van der Waals surface area contributed by atoms with Gasteiger partial charge in [0.2, 0.25) is 0 Å². The van der Waals surface area contributed by atoms with Gasteiger partial charge in [-0.15, -0.1) is 0 Å². The molecule has 1 amide bonds. The summed E-state index contributed by atoms with van der Waals surface area (Å²) < 4.78 is 25.9. The van der Waals surface area contributed by atoms with Crippen molar-refractivity contribution < 1.29 is 13.2 Å². The van der Waals surface area contributed by atoms with E-state index in [0.29, 0.717) is 18.8 Å². The highest BCUT2D eigenvalue weighted by molar-refractivity contribution is 8.01. The smallest absolute Gasteiger partial charge is 0.275 e. The Balaban J connectivity index is 2.38.